The topological polar surface area (TPSA) is 108 Å². The lowest BCUT2D eigenvalue weighted by atomic mass is 10.1. The van der Waals surface area contributed by atoms with Gasteiger partial charge in [-0.1, -0.05) is 0 Å². The van der Waals surface area contributed by atoms with Crippen LogP contribution in [0, 0.1) is 22.9 Å². The summed E-state index contributed by atoms with van der Waals surface area (Å²) in [7, 11) is 0. The van der Waals surface area contributed by atoms with E-state index in [1.165, 1.54) is 12.1 Å². The molecule has 1 aromatic heterocycles. The van der Waals surface area contributed by atoms with Gasteiger partial charge in [0.1, 0.15) is 5.69 Å². The van der Waals surface area contributed by atoms with Crippen LogP contribution in [0.5, 0.6) is 0 Å². The SMILES string of the molecule is Cc1cc(Nc2ccc(F)c([N+](=O)[O-])c2)c2cc(C(=O)O)[nH]c2c1. The van der Waals surface area contributed by atoms with Crippen molar-refractivity contribution in [3.05, 3.63) is 63.6 Å². The molecule has 3 N–H and O–H groups in total. The summed E-state index contributed by atoms with van der Waals surface area (Å²) in [6.45, 7) is 1.83. The quantitative estimate of drug-likeness (QED) is 0.496. The third-order valence-electron chi connectivity index (χ3n) is 3.53. The Morgan fingerprint density at radius 3 is 2.71 bits per heavy atom. The molecule has 8 heteroatoms. The first kappa shape index (κ1) is 15.5. The van der Waals surface area contributed by atoms with Crippen molar-refractivity contribution in [2.24, 2.45) is 0 Å². The molecule has 0 aliphatic heterocycles. The summed E-state index contributed by atoms with van der Waals surface area (Å²) in [6.07, 6.45) is 0. The normalized spacial score (nSPS) is 10.8. The van der Waals surface area contributed by atoms with E-state index in [0.29, 0.717) is 22.3 Å². The lowest BCUT2D eigenvalue weighted by Crippen LogP contribution is -1.96. The Morgan fingerprint density at radius 2 is 2.04 bits per heavy atom. The Kier molecular flexibility index (Phi) is 3.64. The van der Waals surface area contributed by atoms with E-state index in [1.807, 2.05) is 6.92 Å². The molecule has 0 saturated carbocycles. The lowest BCUT2D eigenvalue weighted by Gasteiger charge is -2.09. The molecule has 0 atom stereocenters. The maximum absolute atomic E-state index is 13.4. The van der Waals surface area contributed by atoms with E-state index in [4.69, 9.17) is 5.11 Å². The van der Waals surface area contributed by atoms with E-state index < -0.39 is 22.4 Å². The molecule has 24 heavy (non-hydrogen) atoms. The second-order valence-corrected chi connectivity index (χ2v) is 5.31. The number of aromatic carboxylic acids is 1. The number of nitrogens with one attached hydrogen (secondary N) is 2. The van der Waals surface area contributed by atoms with Crippen LogP contribution in [0.4, 0.5) is 21.5 Å². The van der Waals surface area contributed by atoms with Gasteiger partial charge in [0, 0.05) is 28.3 Å². The highest BCUT2D eigenvalue weighted by Gasteiger charge is 2.16. The van der Waals surface area contributed by atoms with Gasteiger partial charge in [-0.3, -0.25) is 10.1 Å². The number of aromatic amines is 1. The zero-order valence-corrected chi connectivity index (χ0v) is 12.5. The predicted octanol–water partition coefficient (Wildman–Crippen LogP) is 3.97. The zero-order chi connectivity index (χ0) is 17.4. The summed E-state index contributed by atoms with van der Waals surface area (Å²) < 4.78 is 13.4. The molecule has 3 rings (SSSR count). The van der Waals surface area contributed by atoms with Gasteiger partial charge in [-0.05, 0) is 42.8 Å². The number of carboxylic acid groups (broad SMARTS) is 1. The Labute approximate surface area is 134 Å². The highest BCUT2D eigenvalue weighted by molar-refractivity contribution is 6.00. The number of hydrogen-bond donors (Lipinski definition) is 3. The number of nitro benzene ring substituents is 1. The molecule has 0 unspecified atom stereocenters. The van der Waals surface area contributed by atoms with Gasteiger partial charge in [-0.2, -0.15) is 4.39 Å². The molecule has 0 radical (unpaired) electrons. The van der Waals surface area contributed by atoms with Gasteiger partial charge in [0.05, 0.1) is 4.92 Å². The smallest absolute Gasteiger partial charge is 0.352 e. The van der Waals surface area contributed by atoms with Gasteiger partial charge in [0.15, 0.2) is 0 Å². The molecule has 122 valence electrons. The van der Waals surface area contributed by atoms with Gasteiger partial charge in [0.25, 0.3) is 0 Å². The summed E-state index contributed by atoms with van der Waals surface area (Å²) in [6, 6.07) is 8.51. The molecular formula is C16H12FN3O4. The first-order valence-corrected chi connectivity index (χ1v) is 6.93. The second-order valence-electron chi connectivity index (χ2n) is 5.31. The summed E-state index contributed by atoms with van der Waals surface area (Å²) >= 11 is 0. The van der Waals surface area contributed by atoms with Crippen molar-refractivity contribution < 1.29 is 19.2 Å². The standard InChI is InChI=1S/C16H12FN3O4/c1-8-4-12(10-7-14(16(21)22)19-13(10)5-8)18-9-2-3-11(17)15(6-9)20(23)24/h2-7,18-19H,1H3,(H,21,22). The molecular weight excluding hydrogens is 317 g/mol. The van der Waals surface area contributed by atoms with Crippen LogP contribution in [0.2, 0.25) is 0 Å². The maximum atomic E-state index is 13.4. The predicted molar refractivity (Wildman–Crippen MR) is 86.3 cm³/mol. The lowest BCUT2D eigenvalue weighted by molar-refractivity contribution is -0.387. The van der Waals surface area contributed by atoms with Gasteiger partial charge >= 0.3 is 11.7 Å². The van der Waals surface area contributed by atoms with Crippen molar-refractivity contribution in [1.29, 1.82) is 0 Å². The molecule has 0 saturated heterocycles. The number of carboxylic acids is 1. The number of H-pyrrole nitrogens is 1. The number of nitrogens with zero attached hydrogens (tertiary/aromatic N) is 1. The van der Waals surface area contributed by atoms with Crippen LogP contribution in [0.3, 0.4) is 0 Å². The Hall–Kier alpha value is -3.42. The van der Waals surface area contributed by atoms with Crippen molar-refractivity contribution in [3.63, 3.8) is 0 Å². The number of benzene rings is 2. The maximum Gasteiger partial charge on any atom is 0.352 e. The summed E-state index contributed by atoms with van der Waals surface area (Å²) in [5.74, 6) is -2.01. The minimum Gasteiger partial charge on any atom is -0.477 e. The molecule has 3 aromatic rings. The van der Waals surface area contributed by atoms with E-state index in [0.717, 1.165) is 17.7 Å². The molecule has 0 bridgehead atoms. The molecule has 0 aliphatic rings. The van der Waals surface area contributed by atoms with Crippen LogP contribution in [-0.2, 0) is 0 Å². The summed E-state index contributed by atoms with van der Waals surface area (Å²) in [5.41, 5.74) is 1.77. The molecule has 0 aliphatic carbocycles. The van der Waals surface area contributed by atoms with Crippen molar-refractivity contribution in [2.75, 3.05) is 5.32 Å². The van der Waals surface area contributed by atoms with E-state index in [-0.39, 0.29) is 5.69 Å². The van der Waals surface area contributed by atoms with Crippen LogP contribution in [0.15, 0.2) is 36.4 Å². The number of hydrogen-bond acceptors (Lipinski definition) is 4. The van der Waals surface area contributed by atoms with Crippen molar-refractivity contribution in [1.82, 2.24) is 4.98 Å². The monoisotopic (exact) mass is 329 g/mol. The van der Waals surface area contributed by atoms with Gasteiger partial charge in [-0.25, -0.2) is 4.79 Å². The fraction of sp³-hybridized carbons (Fsp3) is 0.0625. The van der Waals surface area contributed by atoms with E-state index in [1.54, 1.807) is 12.1 Å². The van der Waals surface area contributed by atoms with Gasteiger partial charge < -0.3 is 15.4 Å². The fourth-order valence-electron chi connectivity index (χ4n) is 2.49. The first-order chi connectivity index (χ1) is 11.3. The highest BCUT2D eigenvalue weighted by Crippen LogP contribution is 2.30. The van der Waals surface area contributed by atoms with E-state index in [2.05, 4.69) is 10.3 Å². The molecule has 0 spiro atoms. The third kappa shape index (κ3) is 2.76. The second kappa shape index (κ2) is 5.65. The van der Waals surface area contributed by atoms with Gasteiger partial charge in [0.2, 0.25) is 5.82 Å². The number of nitro groups is 1. The third-order valence-corrected chi connectivity index (χ3v) is 3.53. The Morgan fingerprint density at radius 1 is 1.29 bits per heavy atom. The minimum absolute atomic E-state index is 0.0312. The van der Waals surface area contributed by atoms with Crippen molar-refractivity contribution in [3.8, 4) is 0 Å². The number of rotatable bonds is 4. The first-order valence-electron chi connectivity index (χ1n) is 6.93. The number of halogens is 1. The Balaban J connectivity index is 2.08. The average Bonchev–Trinajstić information content (AvgIpc) is 2.93. The molecule has 1 heterocycles. The number of anilines is 2. The number of fused-ring (bicyclic) bond motifs is 1. The largest absolute Gasteiger partial charge is 0.477 e. The summed E-state index contributed by atoms with van der Waals surface area (Å²) in [5, 5.41) is 23.5. The molecule has 0 amide bonds. The van der Waals surface area contributed by atoms with Crippen molar-refractivity contribution >= 4 is 33.9 Å². The minimum atomic E-state index is -1.09. The van der Waals surface area contributed by atoms with Gasteiger partial charge in [-0.15, -0.1) is 0 Å². The van der Waals surface area contributed by atoms with Crippen LogP contribution in [0.1, 0.15) is 16.1 Å². The van der Waals surface area contributed by atoms with E-state index >= 15 is 0 Å². The highest BCUT2D eigenvalue weighted by atomic mass is 19.1. The van der Waals surface area contributed by atoms with Crippen LogP contribution < -0.4 is 5.32 Å². The van der Waals surface area contributed by atoms with Crippen LogP contribution >= 0.6 is 0 Å². The van der Waals surface area contributed by atoms with Crippen molar-refractivity contribution in [2.45, 2.75) is 6.92 Å². The Bertz CT molecular complexity index is 981. The molecule has 7 nitrogen and oxygen atoms in total. The zero-order valence-electron chi connectivity index (χ0n) is 12.5. The van der Waals surface area contributed by atoms with E-state index in [9.17, 15) is 19.3 Å². The van der Waals surface area contributed by atoms with Crippen LogP contribution in [0.25, 0.3) is 10.9 Å². The molecule has 2 aromatic carbocycles. The fourth-order valence-corrected chi connectivity index (χ4v) is 2.49. The number of carbonyl (C=O) groups is 1. The number of aromatic nitrogens is 1. The average molecular weight is 329 g/mol. The number of aryl methyl sites for hydroxylation is 1. The van der Waals surface area contributed by atoms with Crippen LogP contribution in [-0.4, -0.2) is 21.0 Å². The summed E-state index contributed by atoms with van der Waals surface area (Å²) in [4.78, 5) is 23.9. The molecule has 0 fully saturated rings.